The van der Waals surface area contributed by atoms with E-state index < -0.39 is 0 Å². The molecule has 80 heavy (non-hydrogen) atoms. The van der Waals surface area contributed by atoms with E-state index in [0.717, 1.165) is 64.9 Å². The van der Waals surface area contributed by atoms with Gasteiger partial charge in [0.05, 0.1) is 41.8 Å². The summed E-state index contributed by atoms with van der Waals surface area (Å²) in [5.41, 5.74) is 0. The molecule has 0 amide bonds. The van der Waals surface area contributed by atoms with Gasteiger partial charge in [-0.15, -0.1) is 0 Å². The predicted octanol–water partition coefficient (Wildman–Crippen LogP) is 7.59. The minimum absolute atomic E-state index is 0.549. The molecule has 16 aliphatic heterocycles. The molecule has 16 heterocycles. The van der Waals surface area contributed by atoms with Gasteiger partial charge in [0.2, 0.25) is 0 Å². The fourth-order valence-electron chi connectivity index (χ4n) is 13.4. The topological polar surface area (TPSA) is 140 Å². The molecule has 0 aromatic rings. The predicted molar refractivity (Wildman–Crippen MR) is 339 cm³/mol. The molecule has 18 nitrogen and oxygen atoms in total. The summed E-state index contributed by atoms with van der Waals surface area (Å²) in [6.07, 6.45) is 31.3. The molecule has 448 valence electrons. The summed E-state index contributed by atoms with van der Waals surface area (Å²) >= 11 is 1.89. The third-order valence-electron chi connectivity index (χ3n) is 17.8. The second-order valence-corrected chi connectivity index (χ2v) is 25.2. The van der Waals surface area contributed by atoms with E-state index in [-0.39, 0.29) is 0 Å². The Morgan fingerprint density at radius 1 is 0.350 bits per heavy atom. The summed E-state index contributed by atoms with van der Waals surface area (Å²) in [4.78, 5) is 57.4. The third kappa shape index (κ3) is 19.1. The summed E-state index contributed by atoms with van der Waals surface area (Å²) < 4.78 is 0. The van der Waals surface area contributed by atoms with Crippen LogP contribution < -0.4 is 5.32 Å². The summed E-state index contributed by atoms with van der Waals surface area (Å²) in [5.74, 6) is 10.5. The van der Waals surface area contributed by atoms with Crippen LogP contribution in [-0.2, 0) is 0 Å². The zero-order valence-electron chi connectivity index (χ0n) is 50.4. The van der Waals surface area contributed by atoms with Crippen LogP contribution in [-0.4, -0.2) is 273 Å². The fraction of sp³-hybridized carbons (Fsp3) is 0.869. The van der Waals surface area contributed by atoms with Gasteiger partial charge in [-0.2, -0.15) is 0 Å². The van der Waals surface area contributed by atoms with Gasteiger partial charge in [-0.1, -0.05) is 18.2 Å². The van der Waals surface area contributed by atoms with E-state index in [4.69, 9.17) is 0 Å². The lowest BCUT2D eigenvalue weighted by molar-refractivity contribution is 0.269. The number of hydrogen-bond donors (Lipinski definition) is 1. The Labute approximate surface area is 488 Å². The van der Waals surface area contributed by atoms with E-state index >= 15 is 0 Å². The van der Waals surface area contributed by atoms with Gasteiger partial charge in [-0.05, 0) is 122 Å². The molecule has 0 bridgehead atoms. The number of piperidine rings is 3. The van der Waals surface area contributed by atoms with Crippen LogP contribution in [0.5, 0.6) is 0 Å². The normalized spacial score (nSPS) is 26.2. The number of thioether (sulfide) groups is 1. The molecule has 16 rings (SSSR count). The number of rotatable bonds is 0. The van der Waals surface area contributed by atoms with Crippen molar-refractivity contribution in [2.75, 3.05) is 176 Å². The summed E-state index contributed by atoms with van der Waals surface area (Å²) in [7, 11) is 2.14. The number of fused-ring (bicyclic) bond motifs is 8. The lowest BCUT2D eigenvalue weighted by Crippen LogP contribution is -2.50. The zero-order valence-corrected chi connectivity index (χ0v) is 51.3. The maximum Gasteiger partial charge on any atom is 0.196 e. The van der Waals surface area contributed by atoms with Gasteiger partial charge in [0.25, 0.3) is 0 Å². The molecule has 0 aliphatic carbocycles. The summed E-state index contributed by atoms with van der Waals surface area (Å²) in [6.45, 7) is 31.6. The van der Waals surface area contributed by atoms with E-state index in [9.17, 15) is 0 Å². The lowest BCUT2D eigenvalue weighted by atomic mass is 10.1. The van der Waals surface area contributed by atoms with Gasteiger partial charge in [0.1, 0.15) is 0 Å². The van der Waals surface area contributed by atoms with Crippen LogP contribution in [0.15, 0.2) is 39.9 Å². The molecule has 1 unspecified atom stereocenters. The highest BCUT2D eigenvalue weighted by Gasteiger charge is 2.27. The van der Waals surface area contributed by atoms with Crippen molar-refractivity contribution in [3.05, 3.63) is 0 Å². The first kappa shape index (κ1) is 60.3. The van der Waals surface area contributed by atoms with Crippen molar-refractivity contribution in [2.45, 2.75) is 167 Å². The van der Waals surface area contributed by atoms with Crippen LogP contribution in [0.3, 0.4) is 0 Å². The Morgan fingerprint density at radius 2 is 0.775 bits per heavy atom. The van der Waals surface area contributed by atoms with Gasteiger partial charge in [0, 0.05) is 202 Å². The van der Waals surface area contributed by atoms with Crippen LogP contribution in [0.1, 0.15) is 161 Å². The number of nitrogens with one attached hydrogen (secondary N) is 1. The Balaban J connectivity index is 0.000000111. The molecular weight excluding hydrogens is 1020 g/mol. The molecule has 0 saturated carbocycles. The van der Waals surface area contributed by atoms with Crippen molar-refractivity contribution in [2.24, 2.45) is 39.9 Å². The Morgan fingerprint density at radius 3 is 1.35 bits per heavy atom. The van der Waals surface area contributed by atoms with Gasteiger partial charge >= 0.3 is 0 Å². The number of nitrogens with zero attached hydrogens (tertiary/aromatic N) is 17. The highest BCUT2D eigenvalue weighted by atomic mass is 32.2. The summed E-state index contributed by atoms with van der Waals surface area (Å²) in [5, 5.41) is 4.58. The van der Waals surface area contributed by atoms with Crippen LogP contribution in [0.25, 0.3) is 0 Å². The molecule has 0 radical (unpaired) electrons. The van der Waals surface area contributed by atoms with Crippen molar-refractivity contribution in [1.29, 1.82) is 0 Å². The highest BCUT2D eigenvalue weighted by Crippen LogP contribution is 2.24. The smallest absolute Gasteiger partial charge is 0.196 e. The van der Waals surface area contributed by atoms with Gasteiger partial charge < -0.3 is 49.4 Å². The standard InChI is InChI=1S/2C9H16N2.C8H15N3.C8H14N2.C7H13N3.2C7H12N2.C6H10N2S/c1-3-7-11-8-4-2-6-10-9(11)5-1;1-2-5-9-10-6-4-8-11(9)7-3-1;1-10-5-3-7-11-6-2-4-9-8(10)11;1-2-6-10-7-3-5-9-8(10)4-1;1-3-8-7-9-4-2-6-10(7)5-1;1-3-7-8-4-2-6-9(7)5-1;1-2-5-9-6-4-8-7(9)3-1;1-5-4-8-2-3-9-6(8)7-5/h2*1-8H2;2-7H2,1H3;1-7H2;1-6H2,(H,8,9);2*1-6H2;5H,2-4H2,1H3. The van der Waals surface area contributed by atoms with Gasteiger partial charge in [-0.3, -0.25) is 39.9 Å². The molecule has 0 aromatic carbocycles. The SMILES string of the molecule is C1CCC2=NCCCN2CC1.C1CCN2CCCCC2=NC1.C1CCN2CCCN=C2C1.C1CCN2CCN=C2C1.C1CN=C2CCCN2C1.C1CN=C2NCCCN2C1.CC1CN2CCSC2=N1.CN1CCCN2CCCN=C12. The maximum atomic E-state index is 4.59. The quantitative estimate of drug-likeness (QED) is 0.257. The second kappa shape index (κ2) is 33.7. The van der Waals surface area contributed by atoms with Crippen LogP contribution in [0.2, 0.25) is 0 Å². The minimum Gasteiger partial charge on any atom is -0.360 e. The van der Waals surface area contributed by atoms with Gasteiger partial charge in [0.15, 0.2) is 17.1 Å². The molecular formula is C61H108N18S. The number of aliphatic imine (C=N–C) groups is 8. The van der Waals surface area contributed by atoms with Crippen LogP contribution >= 0.6 is 11.8 Å². The van der Waals surface area contributed by atoms with Crippen LogP contribution in [0.4, 0.5) is 0 Å². The molecule has 16 aliphatic rings. The van der Waals surface area contributed by atoms with Crippen molar-refractivity contribution in [1.82, 2.24) is 49.4 Å². The van der Waals surface area contributed by atoms with E-state index in [0.29, 0.717) is 6.04 Å². The van der Waals surface area contributed by atoms with Crippen molar-refractivity contribution in [3.8, 4) is 0 Å². The number of amidine groups is 6. The molecule has 8 saturated heterocycles. The average Bonchev–Trinajstić information content (AvgIpc) is 4.30. The average molecular weight is 1130 g/mol. The lowest BCUT2D eigenvalue weighted by Gasteiger charge is -2.39. The number of guanidine groups is 2. The molecule has 19 heteroatoms. The zero-order chi connectivity index (χ0) is 54.8. The Hall–Kier alpha value is -4.29. The fourth-order valence-corrected chi connectivity index (χ4v) is 14.5. The molecule has 1 atom stereocenters. The van der Waals surface area contributed by atoms with Crippen molar-refractivity contribution >= 4 is 58.0 Å². The monoisotopic (exact) mass is 1120 g/mol. The first-order valence-corrected chi connectivity index (χ1v) is 33.9. The van der Waals surface area contributed by atoms with Gasteiger partial charge in [-0.25, -0.2) is 0 Å². The third-order valence-corrected chi connectivity index (χ3v) is 18.8. The molecule has 8 fully saturated rings. The van der Waals surface area contributed by atoms with Crippen molar-refractivity contribution in [3.63, 3.8) is 0 Å². The second-order valence-electron chi connectivity index (χ2n) is 24.2. The van der Waals surface area contributed by atoms with E-state index in [2.05, 4.69) is 103 Å². The largest absolute Gasteiger partial charge is 0.360 e. The first-order chi connectivity index (χ1) is 39.5. The van der Waals surface area contributed by atoms with E-state index in [1.54, 1.807) is 0 Å². The van der Waals surface area contributed by atoms with E-state index in [1.807, 2.05) is 11.8 Å². The Bertz CT molecular complexity index is 2080. The Kier molecular flexibility index (Phi) is 25.4. The minimum atomic E-state index is 0.549. The van der Waals surface area contributed by atoms with Crippen molar-refractivity contribution < 1.29 is 0 Å². The molecule has 0 aromatic heterocycles. The highest BCUT2D eigenvalue weighted by molar-refractivity contribution is 8.14. The molecule has 0 spiro atoms. The first-order valence-electron chi connectivity index (χ1n) is 32.9. The van der Waals surface area contributed by atoms with E-state index in [1.165, 1.54) is 305 Å². The van der Waals surface area contributed by atoms with Crippen LogP contribution in [0, 0.1) is 0 Å². The number of hydrogen-bond acceptors (Lipinski definition) is 19. The maximum absolute atomic E-state index is 4.59. The molecule has 1 N–H and O–H groups in total. The summed E-state index contributed by atoms with van der Waals surface area (Å²) in [6, 6.07) is 0.549.